The molecule has 2 rings (SSSR count). The Morgan fingerprint density at radius 3 is 3.00 bits per heavy atom. The van der Waals surface area contributed by atoms with Crippen LogP contribution in [0.1, 0.15) is 12.6 Å². The molecule has 0 aliphatic heterocycles. The van der Waals surface area contributed by atoms with Gasteiger partial charge in [-0.2, -0.15) is 0 Å². The lowest BCUT2D eigenvalue weighted by atomic mass is 10.2. The lowest BCUT2D eigenvalue weighted by Crippen LogP contribution is -1.94. The zero-order valence-corrected chi connectivity index (χ0v) is 7.06. The van der Waals surface area contributed by atoms with Gasteiger partial charge in [0, 0.05) is 0 Å². The molecule has 2 aromatic rings. The van der Waals surface area contributed by atoms with Gasteiger partial charge in [-0.05, 0) is 19.1 Å². The SMILES string of the molecule is CC(=NO)c1noc2ccccc12. The van der Waals surface area contributed by atoms with Crippen molar-refractivity contribution in [3.05, 3.63) is 30.0 Å². The summed E-state index contributed by atoms with van der Waals surface area (Å²) < 4.78 is 5.03. The Hall–Kier alpha value is -1.84. The van der Waals surface area contributed by atoms with Gasteiger partial charge in [-0.25, -0.2) is 0 Å². The summed E-state index contributed by atoms with van der Waals surface area (Å²) in [5.41, 5.74) is 1.73. The van der Waals surface area contributed by atoms with Crippen LogP contribution in [0, 0.1) is 0 Å². The van der Waals surface area contributed by atoms with Crippen LogP contribution < -0.4 is 0 Å². The second-order valence-corrected chi connectivity index (χ2v) is 2.71. The zero-order valence-electron chi connectivity index (χ0n) is 7.06. The molecule has 0 atom stereocenters. The highest BCUT2D eigenvalue weighted by atomic mass is 16.5. The molecule has 0 fully saturated rings. The van der Waals surface area contributed by atoms with Crippen molar-refractivity contribution < 1.29 is 9.73 Å². The third-order valence-corrected chi connectivity index (χ3v) is 1.87. The number of para-hydroxylation sites is 1. The molecule has 66 valence electrons. The number of fused-ring (bicyclic) bond motifs is 1. The largest absolute Gasteiger partial charge is 0.411 e. The molecule has 0 radical (unpaired) electrons. The Labute approximate surface area is 74.5 Å². The summed E-state index contributed by atoms with van der Waals surface area (Å²) in [6.07, 6.45) is 0. The second-order valence-electron chi connectivity index (χ2n) is 2.71. The fourth-order valence-electron chi connectivity index (χ4n) is 1.19. The molecule has 4 nitrogen and oxygen atoms in total. The highest BCUT2D eigenvalue weighted by molar-refractivity contribution is 6.06. The number of benzene rings is 1. The molecule has 0 saturated heterocycles. The first-order valence-corrected chi connectivity index (χ1v) is 3.86. The Balaban J connectivity index is 2.71. The Morgan fingerprint density at radius 1 is 1.46 bits per heavy atom. The van der Waals surface area contributed by atoms with Crippen LogP contribution in [0.25, 0.3) is 11.0 Å². The van der Waals surface area contributed by atoms with Crippen molar-refractivity contribution in [1.82, 2.24) is 5.16 Å². The molecule has 0 spiro atoms. The first-order chi connectivity index (χ1) is 6.33. The lowest BCUT2D eigenvalue weighted by molar-refractivity contribution is 0.318. The first kappa shape index (κ1) is 7.79. The van der Waals surface area contributed by atoms with Gasteiger partial charge in [0.2, 0.25) is 0 Å². The fraction of sp³-hybridized carbons (Fsp3) is 0.111. The standard InChI is InChI=1S/C9H8N2O2/c1-6(10-12)9-7-4-2-3-5-8(7)13-11-9/h2-5,12H,1H3. The van der Waals surface area contributed by atoms with Crippen molar-refractivity contribution in [3.63, 3.8) is 0 Å². The third kappa shape index (κ3) is 1.16. The van der Waals surface area contributed by atoms with Crippen LogP contribution in [0.2, 0.25) is 0 Å². The second kappa shape index (κ2) is 2.90. The van der Waals surface area contributed by atoms with Crippen molar-refractivity contribution in [2.75, 3.05) is 0 Å². The van der Waals surface area contributed by atoms with Gasteiger partial charge in [0.25, 0.3) is 0 Å². The predicted molar refractivity (Wildman–Crippen MR) is 48.0 cm³/mol. The summed E-state index contributed by atoms with van der Waals surface area (Å²) in [7, 11) is 0. The van der Waals surface area contributed by atoms with E-state index >= 15 is 0 Å². The molecule has 1 N–H and O–H groups in total. The van der Waals surface area contributed by atoms with Crippen LogP contribution in [0.4, 0.5) is 0 Å². The quantitative estimate of drug-likeness (QED) is 0.411. The van der Waals surface area contributed by atoms with E-state index in [-0.39, 0.29) is 0 Å². The predicted octanol–water partition coefficient (Wildman–Crippen LogP) is 2.03. The Kier molecular flexibility index (Phi) is 1.73. The van der Waals surface area contributed by atoms with E-state index < -0.39 is 0 Å². The van der Waals surface area contributed by atoms with E-state index in [1.165, 1.54) is 0 Å². The van der Waals surface area contributed by atoms with Crippen molar-refractivity contribution in [1.29, 1.82) is 0 Å². The summed E-state index contributed by atoms with van der Waals surface area (Å²) in [6.45, 7) is 1.67. The minimum atomic E-state index is 0.449. The molecule has 0 aliphatic rings. The first-order valence-electron chi connectivity index (χ1n) is 3.86. The fourth-order valence-corrected chi connectivity index (χ4v) is 1.19. The summed E-state index contributed by atoms with van der Waals surface area (Å²) in [5.74, 6) is 0. The van der Waals surface area contributed by atoms with Crippen molar-refractivity contribution in [2.45, 2.75) is 6.92 Å². The molecular weight excluding hydrogens is 168 g/mol. The number of hydrogen-bond donors (Lipinski definition) is 1. The molecule has 0 unspecified atom stereocenters. The summed E-state index contributed by atoms with van der Waals surface area (Å²) in [6, 6.07) is 7.43. The molecule has 4 heteroatoms. The normalized spacial score (nSPS) is 12.2. The van der Waals surface area contributed by atoms with Crippen molar-refractivity contribution in [2.24, 2.45) is 5.16 Å². The van der Waals surface area contributed by atoms with Crippen LogP contribution in [0.5, 0.6) is 0 Å². The van der Waals surface area contributed by atoms with E-state index in [2.05, 4.69) is 10.3 Å². The maximum absolute atomic E-state index is 8.57. The van der Waals surface area contributed by atoms with Gasteiger partial charge in [-0.1, -0.05) is 22.4 Å². The molecule has 13 heavy (non-hydrogen) atoms. The highest BCUT2D eigenvalue weighted by Gasteiger charge is 2.09. The van der Waals surface area contributed by atoms with Crippen molar-refractivity contribution >= 4 is 16.7 Å². The number of oxime groups is 1. The van der Waals surface area contributed by atoms with E-state index in [9.17, 15) is 0 Å². The molecule has 1 heterocycles. The van der Waals surface area contributed by atoms with Crippen LogP contribution in [-0.4, -0.2) is 16.1 Å². The van der Waals surface area contributed by atoms with Gasteiger partial charge < -0.3 is 9.73 Å². The average Bonchev–Trinajstić information content (AvgIpc) is 2.60. The minimum Gasteiger partial charge on any atom is -0.411 e. The summed E-state index contributed by atoms with van der Waals surface area (Å²) >= 11 is 0. The number of nitrogens with zero attached hydrogens (tertiary/aromatic N) is 2. The number of hydrogen-bond acceptors (Lipinski definition) is 4. The molecule has 1 aromatic carbocycles. The number of aromatic nitrogens is 1. The van der Waals surface area contributed by atoms with E-state index in [0.717, 1.165) is 5.39 Å². The lowest BCUT2D eigenvalue weighted by Gasteiger charge is -1.89. The molecule has 0 saturated carbocycles. The molecule has 0 aliphatic carbocycles. The van der Waals surface area contributed by atoms with Gasteiger partial charge >= 0.3 is 0 Å². The van der Waals surface area contributed by atoms with E-state index in [4.69, 9.17) is 9.73 Å². The molecule has 0 amide bonds. The van der Waals surface area contributed by atoms with Crippen molar-refractivity contribution in [3.8, 4) is 0 Å². The minimum absolute atomic E-state index is 0.449. The monoisotopic (exact) mass is 176 g/mol. The van der Waals surface area contributed by atoms with Gasteiger partial charge in [-0.15, -0.1) is 0 Å². The summed E-state index contributed by atoms with van der Waals surface area (Å²) in [5, 5.41) is 16.3. The number of rotatable bonds is 1. The van der Waals surface area contributed by atoms with Crippen LogP contribution in [0.15, 0.2) is 33.9 Å². The average molecular weight is 176 g/mol. The molecule has 1 aromatic heterocycles. The van der Waals surface area contributed by atoms with Gasteiger partial charge in [-0.3, -0.25) is 0 Å². The maximum Gasteiger partial charge on any atom is 0.167 e. The third-order valence-electron chi connectivity index (χ3n) is 1.87. The van der Waals surface area contributed by atoms with E-state index in [1.807, 2.05) is 24.3 Å². The smallest absolute Gasteiger partial charge is 0.167 e. The zero-order chi connectivity index (χ0) is 9.26. The van der Waals surface area contributed by atoms with Crippen LogP contribution in [0.3, 0.4) is 0 Å². The Bertz CT molecular complexity index is 459. The van der Waals surface area contributed by atoms with Crippen LogP contribution in [-0.2, 0) is 0 Å². The summed E-state index contributed by atoms with van der Waals surface area (Å²) in [4.78, 5) is 0. The molecular formula is C9H8N2O2. The Morgan fingerprint density at radius 2 is 2.23 bits per heavy atom. The molecule has 0 bridgehead atoms. The van der Waals surface area contributed by atoms with Gasteiger partial charge in [0.15, 0.2) is 5.58 Å². The van der Waals surface area contributed by atoms with E-state index in [1.54, 1.807) is 6.92 Å². The van der Waals surface area contributed by atoms with Crippen LogP contribution >= 0.6 is 0 Å². The van der Waals surface area contributed by atoms with Gasteiger partial charge in [0.05, 0.1) is 5.39 Å². The van der Waals surface area contributed by atoms with E-state index in [0.29, 0.717) is 17.0 Å². The maximum atomic E-state index is 8.57. The van der Waals surface area contributed by atoms with Gasteiger partial charge in [0.1, 0.15) is 11.4 Å². The highest BCUT2D eigenvalue weighted by Crippen LogP contribution is 2.17. The topological polar surface area (TPSA) is 58.6 Å².